The van der Waals surface area contributed by atoms with Crippen LogP contribution in [0.5, 0.6) is 0 Å². The molecule has 4 N–H and O–H groups in total. The van der Waals surface area contributed by atoms with Crippen molar-refractivity contribution < 1.29 is 4.74 Å². The van der Waals surface area contributed by atoms with Crippen molar-refractivity contribution in [2.24, 2.45) is 11.8 Å². The Bertz CT molecular complexity index is 406. The van der Waals surface area contributed by atoms with Gasteiger partial charge in [0.25, 0.3) is 0 Å². The van der Waals surface area contributed by atoms with Crippen molar-refractivity contribution in [3.8, 4) is 0 Å². The first-order valence-electron chi connectivity index (χ1n) is 6.83. The quantitative estimate of drug-likeness (QED) is 0.538. The number of hydrogen-bond donors (Lipinski definition) is 3. The Kier molecular flexibility index (Phi) is 4.93. The Morgan fingerprint density at radius 2 is 2.05 bits per heavy atom. The Morgan fingerprint density at radius 1 is 1.37 bits per heavy atom. The molecule has 0 spiro atoms. The lowest BCUT2D eigenvalue weighted by molar-refractivity contribution is 0.178. The number of nitrogens with two attached hydrogens (primary N) is 1. The van der Waals surface area contributed by atoms with Gasteiger partial charge in [0.2, 0.25) is 0 Å². The molecular weight excluding hydrogens is 242 g/mol. The molecule has 1 aliphatic rings. The van der Waals surface area contributed by atoms with Gasteiger partial charge in [-0.3, -0.25) is 0 Å². The van der Waals surface area contributed by atoms with E-state index in [2.05, 4.69) is 27.6 Å². The SMILES string of the molecule is COCc1nc(NN)cc(NC(C)C2CCCC2)n1. The molecule has 6 heteroatoms. The number of hydrogen-bond acceptors (Lipinski definition) is 6. The fourth-order valence-corrected chi connectivity index (χ4v) is 2.65. The molecule has 0 aromatic carbocycles. The van der Waals surface area contributed by atoms with Crippen molar-refractivity contribution in [1.29, 1.82) is 0 Å². The van der Waals surface area contributed by atoms with Crippen LogP contribution >= 0.6 is 0 Å². The number of nitrogens with zero attached hydrogens (tertiary/aromatic N) is 2. The van der Waals surface area contributed by atoms with Gasteiger partial charge in [0.1, 0.15) is 18.2 Å². The van der Waals surface area contributed by atoms with Crippen molar-refractivity contribution in [2.45, 2.75) is 45.3 Å². The van der Waals surface area contributed by atoms with Crippen LogP contribution in [-0.2, 0) is 11.3 Å². The minimum absolute atomic E-state index is 0.377. The summed E-state index contributed by atoms with van der Waals surface area (Å²) in [5.74, 6) is 8.18. The highest BCUT2D eigenvalue weighted by Gasteiger charge is 2.21. The number of ether oxygens (including phenoxy) is 1. The van der Waals surface area contributed by atoms with Crippen molar-refractivity contribution >= 4 is 11.6 Å². The van der Waals surface area contributed by atoms with Crippen molar-refractivity contribution in [3.05, 3.63) is 11.9 Å². The van der Waals surface area contributed by atoms with Crippen molar-refractivity contribution in [3.63, 3.8) is 0 Å². The molecule has 0 saturated heterocycles. The molecule has 1 atom stereocenters. The Balaban J connectivity index is 2.07. The Morgan fingerprint density at radius 3 is 2.68 bits per heavy atom. The normalized spacial score (nSPS) is 17.4. The molecule has 1 aromatic heterocycles. The van der Waals surface area contributed by atoms with E-state index in [1.165, 1.54) is 25.7 Å². The summed E-state index contributed by atoms with van der Waals surface area (Å²) in [6.07, 6.45) is 5.27. The molecule has 0 aliphatic heterocycles. The lowest BCUT2D eigenvalue weighted by Crippen LogP contribution is -2.25. The molecule has 0 bridgehead atoms. The van der Waals surface area contributed by atoms with E-state index in [1.807, 2.05) is 6.07 Å². The van der Waals surface area contributed by atoms with Gasteiger partial charge in [-0.1, -0.05) is 12.8 Å². The maximum atomic E-state index is 5.43. The predicted molar refractivity (Wildman–Crippen MR) is 75.6 cm³/mol. The molecule has 6 nitrogen and oxygen atoms in total. The van der Waals surface area contributed by atoms with Gasteiger partial charge >= 0.3 is 0 Å². The van der Waals surface area contributed by atoms with Crippen molar-refractivity contribution in [1.82, 2.24) is 9.97 Å². The number of aromatic nitrogens is 2. The first kappa shape index (κ1) is 14.0. The molecule has 1 fully saturated rings. The summed E-state index contributed by atoms with van der Waals surface area (Å²) in [7, 11) is 1.63. The zero-order valence-electron chi connectivity index (χ0n) is 11.6. The van der Waals surface area contributed by atoms with E-state index in [1.54, 1.807) is 7.11 Å². The molecule has 0 radical (unpaired) electrons. The second kappa shape index (κ2) is 6.68. The van der Waals surface area contributed by atoms with Gasteiger partial charge in [-0.2, -0.15) is 0 Å². The summed E-state index contributed by atoms with van der Waals surface area (Å²) in [6.45, 7) is 2.59. The molecule has 1 aliphatic carbocycles. The van der Waals surface area contributed by atoms with E-state index < -0.39 is 0 Å². The first-order chi connectivity index (χ1) is 9.22. The van der Waals surface area contributed by atoms with E-state index in [-0.39, 0.29) is 0 Å². The summed E-state index contributed by atoms with van der Waals surface area (Å²) in [5, 5.41) is 3.46. The second-order valence-corrected chi connectivity index (χ2v) is 5.11. The van der Waals surface area contributed by atoms with Crippen LogP contribution < -0.4 is 16.6 Å². The van der Waals surface area contributed by atoms with Crippen LogP contribution in [-0.4, -0.2) is 23.1 Å². The number of rotatable bonds is 6. The Labute approximate surface area is 114 Å². The predicted octanol–water partition coefficient (Wildman–Crippen LogP) is 1.90. The topological polar surface area (TPSA) is 85.1 Å². The van der Waals surface area contributed by atoms with Gasteiger partial charge < -0.3 is 15.5 Å². The first-order valence-corrected chi connectivity index (χ1v) is 6.83. The second-order valence-electron chi connectivity index (χ2n) is 5.11. The number of nitrogen functional groups attached to an aromatic ring is 1. The van der Waals surface area contributed by atoms with Crippen LogP contribution in [0.25, 0.3) is 0 Å². The lowest BCUT2D eigenvalue weighted by atomic mass is 10.00. The highest BCUT2D eigenvalue weighted by Crippen LogP contribution is 2.29. The summed E-state index contributed by atoms with van der Waals surface area (Å²) < 4.78 is 5.07. The molecule has 1 saturated carbocycles. The van der Waals surface area contributed by atoms with Gasteiger partial charge in [-0.15, -0.1) is 0 Å². The van der Waals surface area contributed by atoms with Gasteiger partial charge in [-0.05, 0) is 25.7 Å². The zero-order chi connectivity index (χ0) is 13.7. The smallest absolute Gasteiger partial charge is 0.158 e. The van der Waals surface area contributed by atoms with Gasteiger partial charge in [0.05, 0.1) is 0 Å². The number of nitrogens with one attached hydrogen (secondary N) is 2. The monoisotopic (exact) mass is 265 g/mol. The maximum absolute atomic E-state index is 5.43. The minimum Gasteiger partial charge on any atom is -0.377 e. The fraction of sp³-hybridized carbons (Fsp3) is 0.692. The summed E-state index contributed by atoms with van der Waals surface area (Å²) in [6, 6.07) is 2.24. The third-order valence-corrected chi connectivity index (χ3v) is 3.68. The highest BCUT2D eigenvalue weighted by molar-refractivity contribution is 5.47. The van der Waals surface area contributed by atoms with E-state index in [9.17, 15) is 0 Å². The van der Waals surface area contributed by atoms with Gasteiger partial charge in [-0.25, -0.2) is 15.8 Å². The highest BCUT2D eigenvalue weighted by atomic mass is 16.5. The fourth-order valence-electron chi connectivity index (χ4n) is 2.65. The van der Waals surface area contributed by atoms with E-state index in [4.69, 9.17) is 10.6 Å². The largest absolute Gasteiger partial charge is 0.377 e. The molecule has 19 heavy (non-hydrogen) atoms. The van der Waals surface area contributed by atoms with Crippen LogP contribution in [0.2, 0.25) is 0 Å². The summed E-state index contributed by atoms with van der Waals surface area (Å²) in [4.78, 5) is 8.67. The van der Waals surface area contributed by atoms with Crippen LogP contribution in [0.15, 0.2) is 6.07 Å². The summed E-state index contributed by atoms with van der Waals surface area (Å²) in [5.41, 5.74) is 2.56. The standard InChI is InChI=1S/C13H23N5O/c1-9(10-5-3-4-6-10)15-11-7-12(18-14)17-13(16-11)8-19-2/h7,9-10H,3-6,8,14H2,1-2H3,(H2,15,16,17,18). The molecule has 1 aromatic rings. The maximum Gasteiger partial charge on any atom is 0.158 e. The zero-order valence-corrected chi connectivity index (χ0v) is 11.6. The third kappa shape index (κ3) is 3.78. The van der Waals surface area contributed by atoms with Crippen LogP contribution in [0.3, 0.4) is 0 Å². The average molecular weight is 265 g/mol. The van der Waals surface area contributed by atoms with Gasteiger partial charge in [0, 0.05) is 19.2 Å². The minimum atomic E-state index is 0.377. The van der Waals surface area contributed by atoms with Crippen LogP contribution in [0.1, 0.15) is 38.4 Å². The van der Waals surface area contributed by atoms with Crippen LogP contribution in [0, 0.1) is 5.92 Å². The van der Waals surface area contributed by atoms with E-state index in [0.29, 0.717) is 24.3 Å². The number of methoxy groups -OCH3 is 1. The average Bonchev–Trinajstić information content (AvgIpc) is 2.92. The molecule has 2 rings (SSSR count). The van der Waals surface area contributed by atoms with E-state index >= 15 is 0 Å². The van der Waals surface area contributed by atoms with E-state index in [0.717, 1.165) is 11.7 Å². The molecular formula is C13H23N5O. The summed E-state index contributed by atoms with van der Waals surface area (Å²) >= 11 is 0. The lowest BCUT2D eigenvalue weighted by Gasteiger charge is -2.21. The molecule has 1 heterocycles. The molecule has 106 valence electrons. The van der Waals surface area contributed by atoms with Gasteiger partial charge in [0.15, 0.2) is 5.82 Å². The van der Waals surface area contributed by atoms with Crippen molar-refractivity contribution in [2.75, 3.05) is 17.9 Å². The number of anilines is 2. The van der Waals surface area contributed by atoms with Crippen LogP contribution in [0.4, 0.5) is 11.6 Å². The number of hydrazine groups is 1. The Hall–Kier alpha value is -1.40. The molecule has 0 amide bonds. The third-order valence-electron chi connectivity index (χ3n) is 3.68. The molecule has 1 unspecified atom stereocenters.